The van der Waals surface area contributed by atoms with Crippen molar-refractivity contribution in [3.8, 4) is 28.7 Å². The summed E-state index contributed by atoms with van der Waals surface area (Å²) in [6.45, 7) is -1.69. The number of hydrazone groups is 1. The highest BCUT2D eigenvalue weighted by Gasteiger charge is 2.41. The minimum Gasteiger partial charge on any atom is -0.505 e. The number of azo groups is 3. The molecule has 6 rings (SSSR count). The van der Waals surface area contributed by atoms with Crippen LogP contribution in [0.25, 0.3) is 10.8 Å². The molecule has 27 nitrogen and oxygen atoms in total. The predicted molar refractivity (Wildman–Crippen MR) is 232 cm³/mol. The van der Waals surface area contributed by atoms with Crippen LogP contribution in [0, 0.1) is 0 Å². The molecule has 0 aliphatic carbocycles. The molecule has 0 saturated heterocycles. The minimum atomic E-state index is -5.22. The van der Waals surface area contributed by atoms with Crippen LogP contribution in [0.2, 0.25) is 0 Å². The summed E-state index contributed by atoms with van der Waals surface area (Å²) in [7, 11) is -12.3. The number of anilines is 1. The molecule has 358 valence electrons. The standard InChI is InChI=1S/C38H34N8O19S3/c1-62-27-18-31(67(56,57)58)30(63-2)17-24(27)40-41-25-15-29(65-12-10-48)26(16-28(25)64-11-9-47)42-43-33-32(68(59,60)61)14-19-13-20(3-8-23(19)36(33)49)39-44-34-35(38(51)52)45-46(37(34)50)21-4-6-22(7-5-21)66(53,54)55/h3-8,13-18,34,47-49H,9-12H2,1-2H3,(H,51,52)(H,53,54,55)(H,56,57,58)(H,59,60,61)/b41-40+,43-42+,44-39+. The molecule has 7 N–H and O–H groups in total. The number of benzene rings is 5. The van der Waals surface area contributed by atoms with Gasteiger partial charge in [-0.15, -0.1) is 20.5 Å². The molecule has 0 spiro atoms. The van der Waals surface area contributed by atoms with E-state index in [1.807, 2.05) is 0 Å². The van der Waals surface area contributed by atoms with Crippen LogP contribution in [0.15, 0.2) is 123 Å². The normalized spacial score (nSPS) is 14.6. The van der Waals surface area contributed by atoms with Gasteiger partial charge < -0.3 is 39.4 Å². The molecule has 1 amide bonds. The summed E-state index contributed by atoms with van der Waals surface area (Å²) in [4.78, 5) is 23.2. The van der Waals surface area contributed by atoms with Gasteiger partial charge in [0, 0.05) is 29.7 Å². The Labute approximate surface area is 383 Å². The Bertz CT molecular complexity index is 3290. The van der Waals surface area contributed by atoms with E-state index in [-0.39, 0.29) is 75.4 Å². The average Bonchev–Trinajstić information content (AvgIpc) is 3.62. The number of carboxylic acids is 1. The highest BCUT2D eigenvalue weighted by atomic mass is 32.2. The van der Waals surface area contributed by atoms with Gasteiger partial charge in [-0.1, -0.05) is 0 Å². The molecule has 68 heavy (non-hydrogen) atoms. The van der Waals surface area contributed by atoms with Crippen molar-refractivity contribution in [3.05, 3.63) is 72.8 Å². The summed E-state index contributed by atoms with van der Waals surface area (Å²) in [6.07, 6.45) is 0. The first kappa shape index (κ1) is 49.8. The van der Waals surface area contributed by atoms with E-state index >= 15 is 0 Å². The summed E-state index contributed by atoms with van der Waals surface area (Å²) in [5.41, 5.74) is -2.24. The molecule has 5 aromatic carbocycles. The van der Waals surface area contributed by atoms with Crippen LogP contribution in [-0.2, 0) is 39.9 Å². The smallest absolute Gasteiger partial charge is 0.355 e. The van der Waals surface area contributed by atoms with E-state index in [4.69, 9.17) is 18.9 Å². The molecule has 1 aliphatic rings. The molecule has 1 heterocycles. The number of hydrogen-bond acceptors (Lipinski definition) is 22. The number of hydrogen-bond donors (Lipinski definition) is 7. The van der Waals surface area contributed by atoms with Crippen LogP contribution in [0.1, 0.15) is 0 Å². The minimum absolute atomic E-state index is 0.0802. The number of methoxy groups -OCH3 is 2. The summed E-state index contributed by atoms with van der Waals surface area (Å²) in [5.74, 6) is -4.35. The van der Waals surface area contributed by atoms with E-state index in [1.165, 1.54) is 25.3 Å². The maximum Gasteiger partial charge on any atom is 0.355 e. The fourth-order valence-electron chi connectivity index (χ4n) is 6.05. The van der Waals surface area contributed by atoms with E-state index in [0.29, 0.717) is 5.01 Å². The average molecular weight is 1000 g/mol. The monoisotopic (exact) mass is 1000 g/mol. The highest BCUT2D eigenvalue weighted by Crippen LogP contribution is 2.46. The zero-order valence-corrected chi connectivity index (χ0v) is 37.1. The Hall–Kier alpha value is -7.58. The molecule has 0 fully saturated rings. The Morgan fingerprint density at radius 2 is 1.22 bits per heavy atom. The van der Waals surface area contributed by atoms with Gasteiger partial charge in [-0.2, -0.15) is 45.6 Å². The number of ether oxygens (including phenoxy) is 4. The molecular formula is C38H34N8O19S3. The number of carbonyl (C=O) groups is 2. The number of fused-ring (bicyclic) bond motifs is 1. The molecule has 5 aromatic rings. The van der Waals surface area contributed by atoms with Crippen molar-refractivity contribution in [2.75, 3.05) is 45.7 Å². The Balaban J connectivity index is 1.37. The van der Waals surface area contributed by atoms with Crippen LogP contribution in [0.3, 0.4) is 0 Å². The van der Waals surface area contributed by atoms with Gasteiger partial charge in [0.05, 0.1) is 43.7 Å². The SMILES string of the molecule is COc1cc(S(=O)(=O)O)c(OC)cc1/N=N/c1cc(OCCO)c(/N=N/c2c(S(=O)(=O)O)cc3cc(/N=N/C4C(=O)N(c5ccc(S(=O)(=O)O)cc5)N=C4C(=O)O)ccc3c2O)cc1OCCO. The van der Waals surface area contributed by atoms with Crippen molar-refractivity contribution in [2.45, 2.75) is 20.7 Å². The van der Waals surface area contributed by atoms with Gasteiger partial charge in [-0.3, -0.25) is 18.5 Å². The first-order valence-corrected chi connectivity index (χ1v) is 23.0. The number of phenolic OH excluding ortho intramolecular Hbond substituents is 1. The second-order valence-electron chi connectivity index (χ2n) is 13.5. The van der Waals surface area contributed by atoms with E-state index in [0.717, 1.165) is 61.7 Å². The van der Waals surface area contributed by atoms with Crippen LogP contribution >= 0.6 is 0 Å². The fraction of sp³-hybridized carbons (Fsp3) is 0.184. The van der Waals surface area contributed by atoms with Gasteiger partial charge in [0.15, 0.2) is 11.5 Å². The van der Waals surface area contributed by atoms with Gasteiger partial charge in [0.2, 0.25) is 6.04 Å². The molecule has 1 aliphatic heterocycles. The molecular weight excluding hydrogens is 969 g/mol. The van der Waals surface area contributed by atoms with Crippen molar-refractivity contribution in [1.29, 1.82) is 0 Å². The second-order valence-corrected chi connectivity index (χ2v) is 17.7. The molecule has 0 radical (unpaired) electrons. The number of nitrogens with zero attached hydrogens (tertiary/aromatic N) is 8. The lowest BCUT2D eigenvalue weighted by molar-refractivity contribution is -0.130. The second kappa shape index (κ2) is 20.1. The Morgan fingerprint density at radius 3 is 1.74 bits per heavy atom. The van der Waals surface area contributed by atoms with E-state index in [1.54, 1.807) is 0 Å². The van der Waals surface area contributed by atoms with E-state index < -0.39 is 93.3 Å². The number of aliphatic hydroxyl groups excluding tert-OH is 2. The van der Waals surface area contributed by atoms with E-state index in [9.17, 15) is 68.9 Å². The zero-order chi connectivity index (χ0) is 49.7. The Kier molecular flexibility index (Phi) is 14.7. The number of aliphatic hydroxyl groups is 2. The van der Waals surface area contributed by atoms with Gasteiger partial charge >= 0.3 is 5.97 Å². The number of carboxylic acid groups (broad SMARTS) is 1. The number of carbonyl (C=O) groups excluding carboxylic acids is 1. The van der Waals surface area contributed by atoms with Crippen molar-refractivity contribution in [3.63, 3.8) is 0 Å². The van der Waals surface area contributed by atoms with Crippen molar-refractivity contribution < 1.29 is 87.9 Å². The first-order valence-electron chi connectivity index (χ1n) is 18.7. The van der Waals surface area contributed by atoms with Crippen LogP contribution < -0.4 is 24.0 Å². The van der Waals surface area contributed by atoms with Gasteiger partial charge in [0.25, 0.3) is 36.3 Å². The lowest BCUT2D eigenvalue weighted by Gasteiger charge is -2.13. The van der Waals surface area contributed by atoms with Crippen molar-refractivity contribution in [2.24, 2.45) is 35.8 Å². The lowest BCUT2D eigenvalue weighted by Crippen LogP contribution is -2.33. The molecule has 0 saturated carbocycles. The zero-order valence-electron chi connectivity index (χ0n) is 34.7. The fourth-order valence-corrected chi connectivity index (χ4v) is 7.84. The predicted octanol–water partition coefficient (Wildman–Crippen LogP) is 4.82. The number of aromatic hydroxyl groups is 1. The summed E-state index contributed by atoms with van der Waals surface area (Å²) < 4.78 is 123. The van der Waals surface area contributed by atoms with E-state index in [2.05, 4.69) is 35.8 Å². The number of amides is 1. The van der Waals surface area contributed by atoms with Crippen LogP contribution in [-0.4, -0.2) is 124 Å². The summed E-state index contributed by atoms with van der Waals surface area (Å²) in [5, 5.41) is 68.3. The molecule has 1 unspecified atom stereocenters. The Morgan fingerprint density at radius 1 is 0.676 bits per heavy atom. The summed E-state index contributed by atoms with van der Waals surface area (Å²) >= 11 is 0. The maximum absolute atomic E-state index is 13.3. The molecule has 1 atom stereocenters. The first-order chi connectivity index (χ1) is 32.1. The molecule has 30 heteroatoms. The van der Waals surface area contributed by atoms with Gasteiger partial charge in [0.1, 0.15) is 68.8 Å². The highest BCUT2D eigenvalue weighted by molar-refractivity contribution is 7.86. The van der Waals surface area contributed by atoms with Gasteiger partial charge in [-0.25, -0.2) is 4.79 Å². The molecule has 0 bridgehead atoms. The largest absolute Gasteiger partial charge is 0.505 e. The third-order valence-corrected chi connectivity index (χ3v) is 11.7. The van der Waals surface area contributed by atoms with Crippen LogP contribution in [0.4, 0.5) is 34.1 Å². The topological polar surface area (TPSA) is 405 Å². The lowest BCUT2D eigenvalue weighted by atomic mass is 10.1. The summed E-state index contributed by atoms with van der Waals surface area (Å²) in [6, 6.07) is 11.1. The number of phenols is 1. The number of aliphatic carboxylic acids is 1. The van der Waals surface area contributed by atoms with Gasteiger partial charge in [-0.05, 0) is 53.9 Å². The van der Waals surface area contributed by atoms with Crippen LogP contribution in [0.5, 0.6) is 28.7 Å². The third-order valence-electron chi connectivity index (χ3n) is 9.11. The van der Waals surface area contributed by atoms with Crippen molar-refractivity contribution in [1.82, 2.24) is 0 Å². The third kappa shape index (κ3) is 11.0. The molecule has 0 aromatic heterocycles. The number of rotatable bonds is 19. The van der Waals surface area contributed by atoms with Crippen molar-refractivity contribution >= 4 is 92.8 Å². The quantitative estimate of drug-likeness (QED) is 0.0431. The maximum atomic E-state index is 13.3.